The van der Waals surface area contributed by atoms with Gasteiger partial charge in [0.1, 0.15) is 0 Å². The summed E-state index contributed by atoms with van der Waals surface area (Å²) in [4.78, 5) is 0. The van der Waals surface area contributed by atoms with Gasteiger partial charge in [-0.15, -0.1) is 0 Å². The monoisotopic (exact) mass is 266 g/mol. The van der Waals surface area contributed by atoms with Gasteiger partial charge in [-0.05, 0) is 0 Å². The molecule has 62 valence electrons. The Morgan fingerprint density at radius 3 is 2.50 bits per heavy atom. The zero-order valence-electron chi connectivity index (χ0n) is 7.89. The van der Waals surface area contributed by atoms with E-state index in [9.17, 15) is 0 Å². The molecule has 0 spiro atoms. The molecule has 2 rings (SSSR count). The number of allylic oxidation sites excluding steroid dienone is 1. The van der Waals surface area contributed by atoms with Gasteiger partial charge in [0.05, 0.1) is 0 Å². The Bertz CT molecular complexity index is 350. The number of fused-ring (bicyclic) bond motifs is 1. The van der Waals surface area contributed by atoms with Gasteiger partial charge in [-0.1, -0.05) is 0 Å². The Balaban J connectivity index is 2.71. The molecule has 1 aliphatic carbocycles. The van der Waals surface area contributed by atoms with Crippen molar-refractivity contribution in [3.63, 3.8) is 0 Å². The van der Waals surface area contributed by atoms with E-state index in [1.165, 1.54) is 16.7 Å². The van der Waals surface area contributed by atoms with Crippen LogP contribution in [0.2, 0.25) is 0 Å². The van der Waals surface area contributed by atoms with Gasteiger partial charge in [0.2, 0.25) is 0 Å². The maximum absolute atomic E-state index is 2.38. The topological polar surface area (TPSA) is 0 Å². The average Bonchev–Trinajstić information content (AvgIpc) is 2.42. The van der Waals surface area contributed by atoms with Gasteiger partial charge >= 0.3 is 86.8 Å². The molecule has 0 nitrogen and oxygen atoms in total. The van der Waals surface area contributed by atoms with E-state index in [1.807, 2.05) is 0 Å². The third-order valence-corrected chi connectivity index (χ3v) is 5.48. The first-order chi connectivity index (χ1) is 5.70. The zero-order valence-corrected chi connectivity index (χ0v) is 13.6. The Morgan fingerprint density at radius 1 is 1.17 bits per heavy atom. The summed E-state index contributed by atoms with van der Waals surface area (Å²) in [6.45, 7) is 4.43. The van der Waals surface area contributed by atoms with E-state index >= 15 is 0 Å². The van der Waals surface area contributed by atoms with Gasteiger partial charge < -0.3 is 0 Å². The van der Waals surface area contributed by atoms with Crippen molar-refractivity contribution in [1.82, 2.24) is 0 Å². The van der Waals surface area contributed by atoms with E-state index in [-0.39, 0.29) is 0 Å². The van der Waals surface area contributed by atoms with Crippen LogP contribution in [0.1, 0.15) is 26.2 Å². The first-order valence-corrected chi connectivity index (χ1v) is 7.78. The number of hydrogen-bond acceptors (Lipinski definition) is 0. The molecule has 1 heteroatoms. The van der Waals surface area contributed by atoms with E-state index < -0.39 is 0 Å². The Morgan fingerprint density at radius 2 is 1.83 bits per heavy atom. The molecule has 0 bridgehead atoms. The Hall–Kier alpha value is -0.241. The summed E-state index contributed by atoms with van der Waals surface area (Å²) >= 11 is 0.717. The van der Waals surface area contributed by atoms with Crippen LogP contribution < -0.4 is 0 Å². The number of hydrogen-bond donors (Lipinski definition) is 0. The first kappa shape index (κ1) is 8.36. The molecule has 1 aromatic rings. The summed E-state index contributed by atoms with van der Waals surface area (Å²) in [5, 5.41) is 0. The molecular weight excluding hydrogens is 251 g/mol. The minimum absolute atomic E-state index is 0.717. The molecule has 0 N–H and O–H groups in total. The van der Waals surface area contributed by atoms with Crippen LogP contribution in [0.3, 0.4) is 0 Å². The fraction of sp³-hybridized carbons (Fsp3) is 0.273. The van der Waals surface area contributed by atoms with Crippen molar-refractivity contribution in [2.45, 2.75) is 17.8 Å². The molecule has 0 saturated heterocycles. The van der Waals surface area contributed by atoms with E-state index in [4.69, 9.17) is 0 Å². The van der Waals surface area contributed by atoms with Crippen LogP contribution in [-0.4, -0.2) is 22.5 Å². The van der Waals surface area contributed by atoms with Crippen LogP contribution in [0, 0.1) is 13.8 Å². The Kier molecular flexibility index (Phi) is 2.03. The molecule has 0 amide bonds. The van der Waals surface area contributed by atoms with Crippen molar-refractivity contribution >= 4 is 28.6 Å². The van der Waals surface area contributed by atoms with Gasteiger partial charge in [-0.3, -0.25) is 0 Å². The molecule has 1 atom stereocenters. The molecule has 0 saturated carbocycles. The molecule has 0 radical (unpaired) electrons. The fourth-order valence-electron chi connectivity index (χ4n) is 2.02. The average molecular weight is 265 g/mol. The molecular formula is C11H14Sn. The van der Waals surface area contributed by atoms with Gasteiger partial charge in [-0.25, -0.2) is 0 Å². The van der Waals surface area contributed by atoms with Crippen LogP contribution in [0.4, 0.5) is 0 Å². The third kappa shape index (κ3) is 1.13. The van der Waals surface area contributed by atoms with Crippen molar-refractivity contribution in [2.24, 2.45) is 0 Å². The predicted molar refractivity (Wildman–Crippen MR) is 57.6 cm³/mol. The van der Waals surface area contributed by atoms with Gasteiger partial charge in [0, 0.05) is 0 Å². The minimum atomic E-state index is 0.717. The van der Waals surface area contributed by atoms with Crippen molar-refractivity contribution in [1.29, 1.82) is 0 Å². The van der Waals surface area contributed by atoms with Crippen LogP contribution in [0.25, 0.3) is 6.08 Å². The van der Waals surface area contributed by atoms with Crippen molar-refractivity contribution in [3.05, 3.63) is 40.5 Å². The predicted octanol–water partition coefficient (Wildman–Crippen LogP) is 1.74. The van der Waals surface area contributed by atoms with E-state index in [1.54, 1.807) is 5.56 Å². The molecule has 0 aromatic heterocycles. The normalized spacial score (nSPS) is 20.0. The zero-order chi connectivity index (χ0) is 8.72. The maximum atomic E-state index is 2.38. The Labute approximate surface area is 86.8 Å². The number of benzene rings is 1. The second kappa shape index (κ2) is 2.91. The molecule has 1 aromatic carbocycles. The second-order valence-electron chi connectivity index (χ2n) is 3.67. The van der Waals surface area contributed by atoms with Crippen molar-refractivity contribution in [2.75, 3.05) is 0 Å². The fourth-order valence-corrected chi connectivity index (χ4v) is 4.75. The second-order valence-corrected chi connectivity index (χ2v) is 7.23. The summed E-state index contributed by atoms with van der Waals surface area (Å²) in [6, 6.07) is 4.48. The van der Waals surface area contributed by atoms with Crippen molar-refractivity contribution in [3.8, 4) is 0 Å². The SMILES string of the molecule is Cc1ccc(C)c2c1C=C[CH]2[SnH3]. The quantitative estimate of drug-likeness (QED) is 0.627. The summed E-state index contributed by atoms with van der Waals surface area (Å²) in [5.74, 6) is 0. The molecule has 1 unspecified atom stereocenters. The summed E-state index contributed by atoms with van der Waals surface area (Å²) in [7, 11) is 0. The van der Waals surface area contributed by atoms with Gasteiger partial charge in [-0.2, -0.15) is 0 Å². The molecule has 0 aliphatic heterocycles. The number of rotatable bonds is 0. The van der Waals surface area contributed by atoms with Crippen LogP contribution in [0.15, 0.2) is 18.2 Å². The molecule has 12 heavy (non-hydrogen) atoms. The standard InChI is InChI=1S/C11H11.Sn.3H/c1-8-6-7-9(2)11-5-3-4-10(8)11;;;;/h3-7H,1-2H3;;;;. The van der Waals surface area contributed by atoms with E-state index in [2.05, 4.69) is 38.1 Å². The van der Waals surface area contributed by atoms with Gasteiger partial charge in [0.15, 0.2) is 0 Å². The molecule has 0 fully saturated rings. The number of aryl methyl sites for hydroxylation is 2. The summed E-state index contributed by atoms with van der Waals surface area (Å²) in [6.07, 6.45) is 4.68. The third-order valence-electron chi connectivity index (χ3n) is 2.73. The summed E-state index contributed by atoms with van der Waals surface area (Å²) < 4.78 is 0.821. The summed E-state index contributed by atoms with van der Waals surface area (Å²) in [5.41, 5.74) is 6.03. The molecule has 1 aliphatic rings. The van der Waals surface area contributed by atoms with Crippen LogP contribution in [0.5, 0.6) is 0 Å². The van der Waals surface area contributed by atoms with Gasteiger partial charge in [0.25, 0.3) is 0 Å². The van der Waals surface area contributed by atoms with E-state index in [0.29, 0.717) is 0 Å². The van der Waals surface area contributed by atoms with E-state index in [0.717, 1.165) is 26.5 Å². The first-order valence-electron chi connectivity index (χ1n) is 4.48. The van der Waals surface area contributed by atoms with Crippen LogP contribution in [-0.2, 0) is 0 Å². The molecule has 0 heterocycles. The van der Waals surface area contributed by atoms with Crippen molar-refractivity contribution < 1.29 is 0 Å². The van der Waals surface area contributed by atoms with Crippen LogP contribution >= 0.6 is 0 Å².